The van der Waals surface area contributed by atoms with Crippen molar-refractivity contribution in [3.05, 3.63) is 56.9 Å². The van der Waals surface area contributed by atoms with Gasteiger partial charge >= 0.3 is 5.97 Å². The van der Waals surface area contributed by atoms with Gasteiger partial charge in [0.15, 0.2) is 5.82 Å². The number of nitrogens with one attached hydrogen (secondary N) is 1. The van der Waals surface area contributed by atoms with Gasteiger partial charge < -0.3 is 14.6 Å². The maximum absolute atomic E-state index is 11.7. The van der Waals surface area contributed by atoms with Crippen LogP contribution in [-0.4, -0.2) is 40.0 Å². The van der Waals surface area contributed by atoms with Gasteiger partial charge in [0.25, 0.3) is 0 Å². The summed E-state index contributed by atoms with van der Waals surface area (Å²) in [5, 5.41) is 17.6. The predicted molar refractivity (Wildman–Crippen MR) is 117 cm³/mol. The molecule has 7 nitrogen and oxygen atoms in total. The second-order valence-corrected chi connectivity index (χ2v) is 7.70. The Kier molecular flexibility index (Phi) is 7.25. The van der Waals surface area contributed by atoms with Crippen LogP contribution >= 0.6 is 35.0 Å². The molecule has 0 radical (unpaired) electrons. The Balaban J connectivity index is 1.87. The van der Waals surface area contributed by atoms with Gasteiger partial charge in [-0.15, -0.1) is 5.10 Å². The number of nitrogens with zero attached hydrogens (tertiary/aromatic N) is 2. The van der Waals surface area contributed by atoms with Gasteiger partial charge in [0, 0.05) is 5.02 Å². The fourth-order valence-electron chi connectivity index (χ4n) is 2.54. The molecular formula is C20H17Cl2N3O4S. The lowest BCUT2D eigenvalue weighted by Crippen LogP contribution is -1.97. The van der Waals surface area contributed by atoms with Crippen molar-refractivity contribution in [2.45, 2.75) is 12.1 Å². The zero-order valence-corrected chi connectivity index (χ0v) is 18.3. The Morgan fingerprint density at radius 1 is 1.23 bits per heavy atom. The first-order chi connectivity index (χ1) is 14.4. The zero-order valence-electron chi connectivity index (χ0n) is 16.0. The van der Waals surface area contributed by atoms with Crippen LogP contribution < -0.4 is 9.47 Å². The highest BCUT2D eigenvalue weighted by molar-refractivity contribution is 8.04. The van der Waals surface area contributed by atoms with Gasteiger partial charge in [0.1, 0.15) is 16.4 Å². The molecule has 3 aromatic rings. The van der Waals surface area contributed by atoms with Crippen molar-refractivity contribution in [3.8, 4) is 22.9 Å². The molecule has 2 aromatic carbocycles. The molecule has 3 rings (SSSR count). The molecule has 1 heterocycles. The number of thioether (sulfide) groups is 1. The molecule has 0 bridgehead atoms. The summed E-state index contributed by atoms with van der Waals surface area (Å²) in [5.41, 5.74) is 1.23. The van der Waals surface area contributed by atoms with Crippen LogP contribution in [0, 0.1) is 0 Å². The van der Waals surface area contributed by atoms with Gasteiger partial charge in [-0.05, 0) is 60.7 Å². The van der Waals surface area contributed by atoms with Crippen molar-refractivity contribution in [1.29, 1.82) is 0 Å². The second kappa shape index (κ2) is 9.88. The fourth-order valence-corrected chi connectivity index (χ4v) is 3.66. The first kappa shape index (κ1) is 22.0. The van der Waals surface area contributed by atoms with Crippen LogP contribution in [0.3, 0.4) is 0 Å². The van der Waals surface area contributed by atoms with Crippen molar-refractivity contribution < 1.29 is 19.4 Å². The van der Waals surface area contributed by atoms with E-state index < -0.39 is 5.97 Å². The lowest BCUT2D eigenvalue weighted by Gasteiger charge is -2.06. The maximum atomic E-state index is 11.7. The monoisotopic (exact) mass is 465 g/mol. The zero-order chi connectivity index (χ0) is 21.7. The Labute approximate surface area is 187 Å². The number of aliphatic carboxylic acids is 1. The van der Waals surface area contributed by atoms with Gasteiger partial charge in [-0.25, -0.2) is 9.78 Å². The molecule has 0 saturated heterocycles. The minimum Gasteiger partial charge on any atom is -0.496 e. The van der Waals surface area contributed by atoms with Gasteiger partial charge in [0.05, 0.1) is 24.3 Å². The van der Waals surface area contributed by atoms with Crippen LogP contribution in [-0.2, 0) is 4.79 Å². The number of halogens is 2. The van der Waals surface area contributed by atoms with E-state index in [9.17, 15) is 9.90 Å². The maximum Gasteiger partial charge on any atom is 0.342 e. The number of hydrogen-bond acceptors (Lipinski definition) is 6. The lowest BCUT2D eigenvalue weighted by atomic mass is 10.2. The Bertz CT molecular complexity index is 1100. The van der Waals surface area contributed by atoms with E-state index in [4.69, 9.17) is 32.7 Å². The Morgan fingerprint density at radius 2 is 2.00 bits per heavy atom. The Hall–Kier alpha value is -2.68. The summed E-state index contributed by atoms with van der Waals surface area (Å²) in [6.45, 7) is 2.34. The van der Waals surface area contributed by atoms with Crippen LogP contribution in [0.1, 0.15) is 12.5 Å². The number of rotatable bonds is 8. The van der Waals surface area contributed by atoms with E-state index in [-0.39, 0.29) is 10.1 Å². The average molecular weight is 466 g/mol. The standard InChI is InChI=1S/C20H17Cl2N3O4S/c1-3-29-16-6-4-11(8-14(16)22)9-17(19(26)27)30-20-23-18(24-25-20)13-10-12(21)5-7-15(13)28-2/h4-10H,3H2,1-2H3,(H,26,27)(H,23,24,25)/b17-9-. The third-order valence-corrected chi connectivity index (χ3v) is 5.26. The topological polar surface area (TPSA) is 97.3 Å². The minimum absolute atomic E-state index is 0.0267. The Morgan fingerprint density at radius 3 is 2.67 bits per heavy atom. The molecule has 0 spiro atoms. The first-order valence-corrected chi connectivity index (χ1v) is 10.3. The molecule has 0 aliphatic carbocycles. The number of hydrogen-bond donors (Lipinski definition) is 2. The van der Waals surface area contributed by atoms with Crippen molar-refractivity contribution >= 4 is 47.0 Å². The number of aromatic amines is 1. The molecule has 0 fully saturated rings. The highest BCUT2D eigenvalue weighted by Gasteiger charge is 2.16. The van der Waals surface area contributed by atoms with E-state index in [1.165, 1.54) is 13.2 Å². The highest BCUT2D eigenvalue weighted by atomic mass is 35.5. The molecule has 0 unspecified atom stereocenters. The molecular weight excluding hydrogens is 449 g/mol. The van der Waals surface area contributed by atoms with Crippen molar-refractivity contribution in [3.63, 3.8) is 0 Å². The van der Waals surface area contributed by atoms with Crippen LogP contribution in [0.15, 0.2) is 46.5 Å². The largest absolute Gasteiger partial charge is 0.496 e. The number of methoxy groups -OCH3 is 1. The van der Waals surface area contributed by atoms with E-state index in [0.29, 0.717) is 45.1 Å². The highest BCUT2D eigenvalue weighted by Crippen LogP contribution is 2.33. The summed E-state index contributed by atoms with van der Waals surface area (Å²) in [7, 11) is 1.53. The average Bonchev–Trinajstić information content (AvgIpc) is 3.18. The van der Waals surface area contributed by atoms with Crippen LogP contribution in [0.4, 0.5) is 0 Å². The van der Waals surface area contributed by atoms with Crippen molar-refractivity contribution in [1.82, 2.24) is 15.2 Å². The van der Waals surface area contributed by atoms with E-state index in [0.717, 1.165) is 11.8 Å². The van der Waals surface area contributed by atoms with E-state index >= 15 is 0 Å². The van der Waals surface area contributed by atoms with Crippen LogP contribution in [0.25, 0.3) is 17.5 Å². The molecule has 1 aromatic heterocycles. The summed E-state index contributed by atoms with van der Waals surface area (Å²) in [4.78, 5) is 16.1. The van der Waals surface area contributed by atoms with Gasteiger partial charge in [-0.3, -0.25) is 5.10 Å². The van der Waals surface area contributed by atoms with Gasteiger partial charge in [-0.2, -0.15) is 0 Å². The third-order valence-electron chi connectivity index (χ3n) is 3.85. The summed E-state index contributed by atoms with van der Waals surface area (Å²) in [5.74, 6) is 0.391. The number of H-pyrrole nitrogens is 1. The van der Waals surface area contributed by atoms with E-state index in [1.54, 1.807) is 36.4 Å². The van der Waals surface area contributed by atoms with Crippen LogP contribution in [0.5, 0.6) is 11.5 Å². The van der Waals surface area contributed by atoms with Crippen molar-refractivity contribution in [2.24, 2.45) is 0 Å². The third kappa shape index (κ3) is 5.27. The quantitative estimate of drug-likeness (QED) is 0.339. The first-order valence-electron chi connectivity index (χ1n) is 8.72. The predicted octanol–water partition coefficient (Wildman–Crippen LogP) is 5.40. The summed E-state index contributed by atoms with van der Waals surface area (Å²) < 4.78 is 10.7. The summed E-state index contributed by atoms with van der Waals surface area (Å²) in [6, 6.07) is 10.1. The molecule has 0 saturated carbocycles. The molecule has 30 heavy (non-hydrogen) atoms. The van der Waals surface area contributed by atoms with Crippen molar-refractivity contribution in [2.75, 3.05) is 13.7 Å². The van der Waals surface area contributed by atoms with Crippen LogP contribution in [0.2, 0.25) is 10.0 Å². The molecule has 0 atom stereocenters. The molecule has 2 N–H and O–H groups in total. The number of carbonyl (C=O) groups is 1. The van der Waals surface area contributed by atoms with E-state index in [1.807, 2.05) is 6.92 Å². The number of ether oxygens (including phenoxy) is 2. The normalized spacial score (nSPS) is 11.4. The number of benzene rings is 2. The lowest BCUT2D eigenvalue weighted by molar-refractivity contribution is -0.131. The fraction of sp³-hybridized carbons (Fsp3) is 0.150. The number of carboxylic acids is 1. The minimum atomic E-state index is -1.11. The summed E-state index contributed by atoms with van der Waals surface area (Å²) in [6.07, 6.45) is 1.49. The summed E-state index contributed by atoms with van der Waals surface area (Å²) >= 11 is 13.1. The molecule has 10 heteroatoms. The smallest absolute Gasteiger partial charge is 0.342 e. The molecule has 0 aliphatic heterocycles. The molecule has 156 valence electrons. The van der Waals surface area contributed by atoms with E-state index in [2.05, 4.69) is 15.2 Å². The number of carboxylic acid groups (broad SMARTS) is 1. The second-order valence-electron chi connectivity index (χ2n) is 5.85. The number of aromatic nitrogens is 3. The molecule has 0 aliphatic rings. The van der Waals surface area contributed by atoms with Gasteiger partial charge in [-0.1, -0.05) is 29.3 Å². The molecule has 0 amide bonds. The SMILES string of the molecule is CCOc1ccc(/C=C(\Sc2n[nH]c(-c3cc(Cl)ccc3OC)n2)C(=O)O)cc1Cl. The van der Waals surface area contributed by atoms with Gasteiger partial charge in [0.2, 0.25) is 5.16 Å².